The average Bonchev–Trinajstić information content (AvgIpc) is 3.42. The van der Waals surface area contributed by atoms with Crippen molar-refractivity contribution in [1.82, 2.24) is 15.2 Å². The van der Waals surface area contributed by atoms with E-state index in [4.69, 9.17) is 9.47 Å². The number of carbonyl (C=O) groups is 4. The number of nitrogens with one attached hydrogen (secondary N) is 2. The molecule has 2 N–H and O–H groups in total. The maximum Gasteiger partial charge on any atom is 0.336 e. The Bertz CT molecular complexity index is 1490. The number of ether oxygens (including phenoxy) is 2. The van der Waals surface area contributed by atoms with Crippen molar-refractivity contribution in [3.8, 4) is 0 Å². The van der Waals surface area contributed by atoms with Crippen LogP contribution < -0.4 is 5.32 Å². The average molecular weight is 500 g/mol. The molecule has 0 spiro atoms. The molecule has 1 unspecified atom stereocenters. The van der Waals surface area contributed by atoms with E-state index in [2.05, 4.69) is 10.3 Å². The highest BCUT2D eigenvalue weighted by molar-refractivity contribution is 6.21. The summed E-state index contributed by atoms with van der Waals surface area (Å²) in [6, 6.07) is 14.2. The summed E-state index contributed by atoms with van der Waals surface area (Å²) in [6.45, 7) is 3.20. The second kappa shape index (κ2) is 9.42. The van der Waals surface area contributed by atoms with Crippen LogP contribution in [0.5, 0.6) is 0 Å². The first-order valence-corrected chi connectivity index (χ1v) is 11.8. The van der Waals surface area contributed by atoms with Crippen LogP contribution in [0.2, 0.25) is 0 Å². The molecular formula is C28H25N3O6. The van der Waals surface area contributed by atoms with E-state index in [1.54, 1.807) is 44.3 Å². The van der Waals surface area contributed by atoms with Gasteiger partial charge in [-0.05, 0) is 37.6 Å². The number of hydrogen-bond donors (Lipinski definition) is 2. The number of aromatic amines is 1. The molecular weight excluding hydrogens is 474 g/mol. The third-order valence-electron chi connectivity index (χ3n) is 6.74. The fraction of sp³-hybridized carbons (Fsp3) is 0.214. The highest BCUT2D eigenvalue weighted by Gasteiger charge is 2.39. The molecule has 0 aliphatic carbocycles. The van der Waals surface area contributed by atoms with Crippen molar-refractivity contribution in [3.05, 3.63) is 94.0 Å². The number of imide groups is 1. The fourth-order valence-electron chi connectivity index (χ4n) is 5.04. The number of hydrogen-bond acceptors (Lipinski definition) is 7. The molecule has 2 aromatic carbocycles. The maximum absolute atomic E-state index is 13.5. The van der Waals surface area contributed by atoms with Gasteiger partial charge in [-0.15, -0.1) is 0 Å². The van der Waals surface area contributed by atoms with Crippen LogP contribution in [0.15, 0.2) is 77.3 Å². The largest absolute Gasteiger partial charge is 0.466 e. The lowest BCUT2D eigenvalue weighted by Gasteiger charge is -2.30. The number of benzene rings is 2. The lowest BCUT2D eigenvalue weighted by Crippen LogP contribution is -2.35. The summed E-state index contributed by atoms with van der Waals surface area (Å²) in [5.74, 6) is -2.82. The third-order valence-corrected chi connectivity index (χ3v) is 6.74. The Balaban J connectivity index is 1.42. The Morgan fingerprint density at radius 3 is 2.14 bits per heavy atom. The van der Waals surface area contributed by atoms with Crippen LogP contribution in [0.3, 0.4) is 0 Å². The maximum atomic E-state index is 13.5. The van der Waals surface area contributed by atoms with Crippen LogP contribution in [0.1, 0.15) is 46.0 Å². The molecule has 0 saturated carbocycles. The number of aromatic nitrogens is 1. The number of methoxy groups -OCH3 is 1. The normalized spacial score (nSPS) is 17.3. The van der Waals surface area contributed by atoms with E-state index in [-0.39, 0.29) is 18.7 Å². The lowest BCUT2D eigenvalue weighted by molar-refractivity contribution is -0.139. The molecule has 0 bridgehead atoms. The summed E-state index contributed by atoms with van der Waals surface area (Å²) in [6.07, 6.45) is 1.77. The summed E-state index contributed by atoms with van der Waals surface area (Å²) < 4.78 is 10.6. The van der Waals surface area contributed by atoms with E-state index in [0.29, 0.717) is 28.1 Å². The first kappa shape index (κ1) is 24.1. The molecule has 3 aromatic rings. The Morgan fingerprint density at radius 1 is 0.892 bits per heavy atom. The van der Waals surface area contributed by atoms with Crippen molar-refractivity contribution in [3.63, 3.8) is 0 Å². The fourth-order valence-corrected chi connectivity index (χ4v) is 5.04. The molecule has 2 aliphatic rings. The predicted molar refractivity (Wildman–Crippen MR) is 134 cm³/mol. The molecule has 1 atom stereocenters. The van der Waals surface area contributed by atoms with E-state index in [0.717, 1.165) is 21.4 Å². The van der Waals surface area contributed by atoms with Crippen molar-refractivity contribution < 1.29 is 28.7 Å². The Morgan fingerprint density at radius 2 is 1.49 bits per heavy atom. The van der Waals surface area contributed by atoms with Gasteiger partial charge < -0.3 is 19.8 Å². The van der Waals surface area contributed by atoms with E-state index in [9.17, 15) is 19.2 Å². The standard InChI is InChI=1S/C28H25N3O6/c1-15-22(27(34)36-3)24(20-14-29-21-11-7-6-8-17(20)21)23(16(2)30-15)28(35)37-13-12-31-25(32)18-9-4-5-10-19(18)26(31)33/h4-11,14,24,29-30H,12-13H2,1-3H3. The molecule has 3 heterocycles. The van der Waals surface area contributed by atoms with Crippen LogP contribution in [0.4, 0.5) is 0 Å². The topological polar surface area (TPSA) is 118 Å². The van der Waals surface area contributed by atoms with Crippen molar-refractivity contribution in [1.29, 1.82) is 0 Å². The summed E-state index contributed by atoms with van der Waals surface area (Å²) in [5, 5.41) is 3.96. The number of nitrogens with zero attached hydrogens (tertiary/aromatic N) is 1. The molecule has 1 aromatic heterocycles. The molecule has 0 radical (unpaired) electrons. The second-order valence-electron chi connectivity index (χ2n) is 8.86. The highest BCUT2D eigenvalue weighted by atomic mass is 16.5. The Kier molecular flexibility index (Phi) is 6.12. The van der Waals surface area contributed by atoms with Crippen molar-refractivity contribution >= 4 is 34.7 Å². The van der Waals surface area contributed by atoms with Crippen LogP contribution in [-0.2, 0) is 19.1 Å². The van der Waals surface area contributed by atoms with Gasteiger partial charge in [-0.2, -0.15) is 0 Å². The van der Waals surface area contributed by atoms with Gasteiger partial charge in [-0.25, -0.2) is 9.59 Å². The molecule has 0 saturated heterocycles. The van der Waals surface area contributed by atoms with E-state index >= 15 is 0 Å². The SMILES string of the molecule is COC(=O)C1=C(C)NC(C)=C(C(=O)OCCN2C(=O)c3ccccc3C2=O)C1c1c[nH]c2ccccc12. The minimum Gasteiger partial charge on any atom is -0.466 e. The smallest absolute Gasteiger partial charge is 0.336 e. The number of dihydropyridines is 1. The predicted octanol–water partition coefficient (Wildman–Crippen LogP) is 3.42. The third kappa shape index (κ3) is 3.98. The molecule has 9 heteroatoms. The zero-order valence-electron chi connectivity index (χ0n) is 20.6. The van der Waals surface area contributed by atoms with E-state index in [1.807, 2.05) is 24.3 Å². The number of rotatable bonds is 6. The van der Waals surface area contributed by atoms with Gasteiger partial charge in [-0.1, -0.05) is 30.3 Å². The van der Waals surface area contributed by atoms with Crippen LogP contribution in [-0.4, -0.2) is 53.9 Å². The number of para-hydroxylation sites is 1. The summed E-state index contributed by atoms with van der Waals surface area (Å²) >= 11 is 0. The molecule has 188 valence electrons. The van der Waals surface area contributed by atoms with Crippen molar-refractivity contribution in [2.45, 2.75) is 19.8 Å². The minimum atomic E-state index is -0.753. The van der Waals surface area contributed by atoms with Gasteiger partial charge in [-0.3, -0.25) is 14.5 Å². The monoisotopic (exact) mass is 499 g/mol. The van der Waals surface area contributed by atoms with Crippen LogP contribution >= 0.6 is 0 Å². The first-order chi connectivity index (χ1) is 17.8. The highest BCUT2D eigenvalue weighted by Crippen LogP contribution is 2.41. The van der Waals surface area contributed by atoms with Crippen molar-refractivity contribution in [2.75, 3.05) is 20.3 Å². The Hall–Kier alpha value is -4.66. The second-order valence-corrected chi connectivity index (χ2v) is 8.86. The summed E-state index contributed by atoms with van der Waals surface area (Å²) in [4.78, 5) is 55.9. The quantitative estimate of drug-likeness (QED) is 0.394. The first-order valence-electron chi connectivity index (χ1n) is 11.8. The number of allylic oxidation sites excluding steroid dienone is 2. The van der Waals surface area contributed by atoms with Gasteiger partial charge in [0, 0.05) is 28.5 Å². The lowest BCUT2D eigenvalue weighted by atomic mass is 9.80. The van der Waals surface area contributed by atoms with Gasteiger partial charge in [0.15, 0.2) is 0 Å². The van der Waals surface area contributed by atoms with Gasteiger partial charge >= 0.3 is 11.9 Å². The molecule has 5 rings (SSSR count). The van der Waals surface area contributed by atoms with Gasteiger partial charge in [0.05, 0.1) is 41.8 Å². The zero-order valence-corrected chi connectivity index (χ0v) is 20.6. The number of amides is 2. The zero-order chi connectivity index (χ0) is 26.3. The molecule has 0 fully saturated rings. The molecule has 9 nitrogen and oxygen atoms in total. The van der Waals surface area contributed by atoms with Gasteiger partial charge in [0.25, 0.3) is 11.8 Å². The number of H-pyrrole nitrogens is 1. The van der Waals surface area contributed by atoms with E-state index < -0.39 is 29.7 Å². The molecule has 2 aliphatic heterocycles. The van der Waals surface area contributed by atoms with Crippen LogP contribution in [0.25, 0.3) is 10.9 Å². The van der Waals surface area contributed by atoms with Gasteiger partial charge in [0.2, 0.25) is 0 Å². The van der Waals surface area contributed by atoms with Crippen LogP contribution in [0, 0.1) is 0 Å². The van der Waals surface area contributed by atoms with E-state index in [1.165, 1.54) is 7.11 Å². The van der Waals surface area contributed by atoms with Crippen molar-refractivity contribution in [2.24, 2.45) is 0 Å². The van der Waals surface area contributed by atoms with Gasteiger partial charge in [0.1, 0.15) is 6.61 Å². The summed E-state index contributed by atoms with van der Waals surface area (Å²) in [7, 11) is 1.29. The number of carbonyl (C=O) groups excluding carboxylic acids is 4. The number of fused-ring (bicyclic) bond motifs is 2. The molecule has 37 heavy (non-hydrogen) atoms. The summed E-state index contributed by atoms with van der Waals surface area (Å²) in [5.41, 5.74) is 3.89. The Labute approximate surface area is 212 Å². The number of esters is 2. The molecule has 2 amide bonds. The minimum absolute atomic E-state index is 0.0890.